The third kappa shape index (κ3) is 3.61. The van der Waals surface area contributed by atoms with E-state index in [4.69, 9.17) is 16.3 Å². The van der Waals surface area contributed by atoms with Crippen molar-refractivity contribution in [3.8, 4) is 11.5 Å². The van der Waals surface area contributed by atoms with Crippen molar-refractivity contribution in [2.75, 3.05) is 5.32 Å². The first-order valence-electron chi connectivity index (χ1n) is 6.97. The first-order chi connectivity index (χ1) is 11.6. The molecule has 0 unspecified atom stereocenters. The maximum absolute atomic E-state index is 11.3. The monoisotopic (exact) mass is 341 g/mol. The summed E-state index contributed by atoms with van der Waals surface area (Å²) in [7, 11) is 0. The number of carboxylic acid groups (broad SMARTS) is 1. The normalized spacial score (nSPS) is 10.2. The van der Waals surface area contributed by atoms with Crippen LogP contribution in [0.2, 0.25) is 5.15 Å². The van der Waals surface area contributed by atoms with Crippen molar-refractivity contribution in [1.29, 1.82) is 0 Å². The zero-order valence-corrected chi connectivity index (χ0v) is 13.1. The molecule has 2 aromatic carbocycles. The fourth-order valence-electron chi connectivity index (χ4n) is 2.02. The van der Waals surface area contributed by atoms with E-state index in [9.17, 15) is 9.90 Å². The molecule has 0 saturated heterocycles. The van der Waals surface area contributed by atoms with Crippen LogP contribution in [0.4, 0.5) is 11.5 Å². The Hall–Kier alpha value is -3.12. The van der Waals surface area contributed by atoms with E-state index in [1.165, 1.54) is 6.33 Å². The number of aromatic carboxylic acids is 1. The van der Waals surface area contributed by atoms with Gasteiger partial charge in [-0.2, -0.15) is 0 Å². The van der Waals surface area contributed by atoms with E-state index in [0.29, 0.717) is 11.4 Å². The molecule has 3 rings (SSSR count). The molecule has 0 spiro atoms. The topological polar surface area (TPSA) is 84.3 Å². The van der Waals surface area contributed by atoms with Crippen LogP contribution in [-0.2, 0) is 0 Å². The lowest BCUT2D eigenvalue weighted by atomic mass is 10.2. The van der Waals surface area contributed by atoms with Gasteiger partial charge < -0.3 is 15.2 Å². The molecule has 0 aliphatic heterocycles. The van der Waals surface area contributed by atoms with Gasteiger partial charge >= 0.3 is 5.97 Å². The van der Waals surface area contributed by atoms with E-state index >= 15 is 0 Å². The average molecular weight is 342 g/mol. The second-order valence-corrected chi connectivity index (χ2v) is 5.12. The highest BCUT2D eigenvalue weighted by Gasteiger charge is 2.17. The summed E-state index contributed by atoms with van der Waals surface area (Å²) >= 11 is 5.81. The van der Waals surface area contributed by atoms with Gasteiger partial charge in [0, 0.05) is 5.69 Å². The third-order valence-corrected chi connectivity index (χ3v) is 3.40. The highest BCUT2D eigenvalue weighted by molar-refractivity contribution is 6.32. The van der Waals surface area contributed by atoms with Crippen LogP contribution >= 0.6 is 11.6 Å². The molecule has 0 aliphatic rings. The Bertz CT molecular complexity index is 855. The fraction of sp³-hybridized carbons (Fsp3) is 0. The lowest BCUT2D eigenvalue weighted by Gasteiger charge is -2.10. The van der Waals surface area contributed by atoms with Crippen molar-refractivity contribution in [1.82, 2.24) is 9.97 Å². The molecule has 6 nitrogen and oxygen atoms in total. The number of anilines is 2. The summed E-state index contributed by atoms with van der Waals surface area (Å²) in [5.74, 6) is 0.311. The van der Waals surface area contributed by atoms with Gasteiger partial charge in [-0.25, -0.2) is 14.8 Å². The Morgan fingerprint density at radius 2 is 1.67 bits per heavy atom. The van der Waals surface area contributed by atoms with Crippen LogP contribution in [0, 0.1) is 0 Å². The summed E-state index contributed by atoms with van der Waals surface area (Å²) in [5.41, 5.74) is 0.469. The molecule has 0 fully saturated rings. The van der Waals surface area contributed by atoms with Gasteiger partial charge in [-0.3, -0.25) is 0 Å². The van der Waals surface area contributed by atoms with Gasteiger partial charge in [-0.05, 0) is 36.4 Å². The van der Waals surface area contributed by atoms with Crippen molar-refractivity contribution >= 4 is 29.1 Å². The van der Waals surface area contributed by atoms with Crippen LogP contribution in [0.25, 0.3) is 0 Å². The van der Waals surface area contributed by atoms with Crippen LogP contribution in [0.3, 0.4) is 0 Å². The number of nitrogens with one attached hydrogen (secondary N) is 1. The molecule has 0 bridgehead atoms. The lowest BCUT2D eigenvalue weighted by Crippen LogP contribution is -2.07. The van der Waals surface area contributed by atoms with Crippen molar-refractivity contribution < 1.29 is 14.6 Å². The molecule has 1 heterocycles. The minimum absolute atomic E-state index is 0.121. The molecule has 120 valence electrons. The molecule has 0 atom stereocenters. The number of hydrogen-bond donors (Lipinski definition) is 2. The maximum Gasteiger partial charge on any atom is 0.342 e. The summed E-state index contributed by atoms with van der Waals surface area (Å²) in [6.45, 7) is 0. The van der Waals surface area contributed by atoms with E-state index in [1.54, 1.807) is 24.3 Å². The van der Waals surface area contributed by atoms with Gasteiger partial charge in [0.2, 0.25) is 0 Å². The second-order valence-electron chi connectivity index (χ2n) is 4.76. The minimum Gasteiger partial charge on any atom is -0.477 e. The lowest BCUT2D eigenvalue weighted by molar-refractivity contribution is 0.0697. The average Bonchev–Trinajstić information content (AvgIpc) is 2.57. The Morgan fingerprint density at radius 1 is 1.00 bits per heavy atom. The summed E-state index contributed by atoms with van der Waals surface area (Å²) in [6, 6.07) is 16.4. The SMILES string of the molecule is O=C(O)c1c(Cl)ncnc1Nc1ccc(Oc2ccccc2)cc1. The third-order valence-electron chi connectivity index (χ3n) is 3.11. The van der Waals surface area contributed by atoms with Gasteiger partial charge in [-0.15, -0.1) is 0 Å². The van der Waals surface area contributed by atoms with Crippen molar-refractivity contribution in [2.24, 2.45) is 0 Å². The molecule has 3 aromatic rings. The Kier molecular flexibility index (Phi) is 4.58. The van der Waals surface area contributed by atoms with E-state index in [0.717, 1.165) is 5.75 Å². The summed E-state index contributed by atoms with van der Waals surface area (Å²) < 4.78 is 5.70. The summed E-state index contributed by atoms with van der Waals surface area (Å²) in [5, 5.41) is 12.0. The molecule has 0 aliphatic carbocycles. The largest absolute Gasteiger partial charge is 0.477 e. The number of rotatable bonds is 5. The Balaban J connectivity index is 1.78. The highest BCUT2D eigenvalue weighted by atomic mass is 35.5. The molecular formula is C17H12ClN3O3. The quantitative estimate of drug-likeness (QED) is 0.670. The Morgan fingerprint density at radius 3 is 2.33 bits per heavy atom. The smallest absolute Gasteiger partial charge is 0.342 e. The number of halogens is 1. The predicted molar refractivity (Wildman–Crippen MR) is 90.2 cm³/mol. The van der Waals surface area contributed by atoms with Crippen LogP contribution in [0.1, 0.15) is 10.4 Å². The maximum atomic E-state index is 11.3. The second kappa shape index (κ2) is 6.97. The first-order valence-corrected chi connectivity index (χ1v) is 7.35. The molecule has 1 aromatic heterocycles. The minimum atomic E-state index is -1.20. The molecule has 0 saturated carbocycles. The van der Waals surface area contributed by atoms with Gasteiger partial charge in [0.05, 0.1) is 0 Å². The van der Waals surface area contributed by atoms with Gasteiger partial charge in [0.1, 0.15) is 34.4 Å². The number of carboxylic acids is 1. The van der Waals surface area contributed by atoms with E-state index in [-0.39, 0.29) is 16.5 Å². The number of benzene rings is 2. The molecule has 0 radical (unpaired) electrons. The highest BCUT2D eigenvalue weighted by Crippen LogP contribution is 2.26. The van der Waals surface area contributed by atoms with Crippen LogP contribution < -0.4 is 10.1 Å². The van der Waals surface area contributed by atoms with Crippen molar-refractivity contribution in [3.05, 3.63) is 71.6 Å². The summed E-state index contributed by atoms with van der Waals surface area (Å²) in [4.78, 5) is 18.9. The van der Waals surface area contributed by atoms with Gasteiger partial charge in [0.15, 0.2) is 0 Å². The summed E-state index contributed by atoms with van der Waals surface area (Å²) in [6.07, 6.45) is 1.20. The molecule has 7 heteroatoms. The zero-order valence-electron chi connectivity index (χ0n) is 12.3. The Labute approximate surface area is 142 Å². The van der Waals surface area contributed by atoms with Crippen LogP contribution in [0.5, 0.6) is 11.5 Å². The van der Waals surface area contributed by atoms with Crippen LogP contribution in [-0.4, -0.2) is 21.0 Å². The number of nitrogens with zero attached hydrogens (tertiary/aromatic N) is 2. The number of ether oxygens (including phenoxy) is 1. The van der Waals surface area contributed by atoms with E-state index in [1.807, 2.05) is 30.3 Å². The first kappa shape index (κ1) is 15.8. The van der Waals surface area contributed by atoms with Crippen molar-refractivity contribution in [2.45, 2.75) is 0 Å². The number of carbonyl (C=O) groups is 1. The molecular weight excluding hydrogens is 330 g/mol. The fourth-order valence-corrected chi connectivity index (χ4v) is 2.23. The van der Waals surface area contributed by atoms with Crippen LogP contribution in [0.15, 0.2) is 60.9 Å². The number of aromatic nitrogens is 2. The standard InChI is InChI=1S/C17H12ClN3O3/c18-15-14(17(22)23)16(20-10-19-15)21-11-6-8-13(9-7-11)24-12-4-2-1-3-5-12/h1-10H,(H,22,23)(H,19,20,21). The molecule has 2 N–H and O–H groups in total. The molecule has 24 heavy (non-hydrogen) atoms. The number of hydrogen-bond acceptors (Lipinski definition) is 5. The number of para-hydroxylation sites is 1. The van der Waals surface area contributed by atoms with Crippen molar-refractivity contribution in [3.63, 3.8) is 0 Å². The predicted octanol–water partition coefficient (Wildman–Crippen LogP) is 4.36. The zero-order chi connectivity index (χ0) is 16.9. The van der Waals surface area contributed by atoms with Gasteiger partial charge in [0.25, 0.3) is 0 Å². The molecule has 0 amide bonds. The van der Waals surface area contributed by atoms with E-state index < -0.39 is 5.97 Å². The van der Waals surface area contributed by atoms with E-state index in [2.05, 4.69) is 15.3 Å². The van der Waals surface area contributed by atoms with Gasteiger partial charge in [-0.1, -0.05) is 29.8 Å².